The largest absolute Gasteiger partial charge is 0.306 e. The zero-order chi connectivity index (χ0) is 13.3. The first-order chi connectivity index (χ1) is 8.52. The Morgan fingerprint density at radius 3 is 2.44 bits per heavy atom. The van der Waals surface area contributed by atoms with Crippen LogP contribution in [0.15, 0.2) is 20.4 Å². The SMILES string of the molecule is CCNC(c1cc(Br)c(Br)s1)c1cc(Cl)sc1Cl. The summed E-state index contributed by atoms with van der Waals surface area (Å²) < 4.78 is 3.60. The average molecular weight is 450 g/mol. The van der Waals surface area contributed by atoms with Crippen LogP contribution in [-0.2, 0) is 0 Å². The van der Waals surface area contributed by atoms with Crippen molar-refractivity contribution in [2.75, 3.05) is 6.54 Å². The number of halogens is 4. The van der Waals surface area contributed by atoms with E-state index < -0.39 is 0 Å². The molecule has 0 spiro atoms. The molecule has 1 N–H and O–H groups in total. The smallest absolute Gasteiger partial charge is 0.0995 e. The predicted molar refractivity (Wildman–Crippen MR) is 89.6 cm³/mol. The quantitative estimate of drug-likeness (QED) is 0.574. The van der Waals surface area contributed by atoms with Gasteiger partial charge in [0.25, 0.3) is 0 Å². The van der Waals surface area contributed by atoms with E-state index in [9.17, 15) is 0 Å². The average Bonchev–Trinajstić information content (AvgIpc) is 2.79. The standard InChI is InChI=1S/C11H9Br2Cl2NS2/c1-2-16-9(5-3-8(14)18-11(5)15)7-4-6(12)10(13)17-7/h3-4,9,16H,2H2,1H3. The Hall–Kier alpha value is 0.900. The molecule has 1 unspecified atom stereocenters. The van der Waals surface area contributed by atoms with Gasteiger partial charge < -0.3 is 5.32 Å². The number of hydrogen-bond acceptors (Lipinski definition) is 3. The van der Waals surface area contributed by atoms with Crippen molar-refractivity contribution in [3.63, 3.8) is 0 Å². The van der Waals surface area contributed by atoms with Crippen LogP contribution in [0.2, 0.25) is 8.67 Å². The molecule has 0 radical (unpaired) electrons. The minimum Gasteiger partial charge on any atom is -0.306 e. The second kappa shape index (κ2) is 6.57. The first-order valence-electron chi connectivity index (χ1n) is 5.15. The molecular weight excluding hydrogens is 441 g/mol. The molecular formula is C11H9Br2Cl2NS2. The van der Waals surface area contributed by atoms with Crippen LogP contribution < -0.4 is 5.32 Å². The highest BCUT2D eigenvalue weighted by Gasteiger charge is 2.21. The van der Waals surface area contributed by atoms with Gasteiger partial charge in [-0.05, 0) is 50.5 Å². The Bertz CT molecular complexity index is 534. The molecule has 0 aliphatic heterocycles. The third-order valence-electron chi connectivity index (χ3n) is 2.35. The van der Waals surface area contributed by atoms with Gasteiger partial charge in [0.05, 0.1) is 18.5 Å². The normalized spacial score (nSPS) is 12.9. The monoisotopic (exact) mass is 447 g/mol. The van der Waals surface area contributed by atoms with Crippen molar-refractivity contribution in [3.05, 3.63) is 39.5 Å². The summed E-state index contributed by atoms with van der Waals surface area (Å²) in [7, 11) is 0. The summed E-state index contributed by atoms with van der Waals surface area (Å²) in [6.07, 6.45) is 0. The summed E-state index contributed by atoms with van der Waals surface area (Å²) in [4.78, 5) is 1.20. The van der Waals surface area contributed by atoms with E-state index in [1.54, 1.807) is 11.3 Å². The Morgan fingerprint density at radius 2 is 2.00 bits per heavy atom. The van der Waals surface area contributed by atoms with Crippen LogP contribution >= 0.6 is 77.7 Å². The first kappa shape index (κ1) is 15.3. The van der Waals surface area contributed by atoms with Crippen LogP contribution in [0.4, 0.5) is 0 Å². The molecule has 0 saturated carbocycles. The summed E-state index contributed by atoms with van der Waals surface area (Å²) in [5.74, 6) is 0. The van der Waals surface area contributed by atoms with E-state index in [0.29, 0.717) is 4.34 Å². The molecule has 1 atom stereocenters. The van der Waals surface area contributed by atoms with Crippen LogP contribution in [-0.4, -0.2) is 6.54 Å². The molecule has 0 amide bonds. The topological polar surface area (TPSA) is 12.0 Å². The third kappa shape index (κ3) is 3.32. The summed E-state index contributed by atoms with van der Waals surface area (Å²) in [5.41, 5.74) is 1.04. The third-order valence-corrected chi connectivity index (χ3v) is 7.19. The maximum Gasteiger partial charge on any atom is 0.0995 e. The van der Waals surface area contributed by atoms with Crippen molar-refractivity contribution in [1.29, 1.82) is 0 Å². The van der Waals surface area contributed by atoms with E-state index in [-0.39, 0.29) is 6.04 Å². The van der Waals surface area contributed by atoms with Gasteiger partial charge in [-0.2, -0.15) is 0 Å². The molecule has 18 heavy (non-hydrogen) atoms. The van der Waals surface area contributed by atoms with Crippen LogP contribution in [0.1, 0.15) is 23.4 Å². The van der Waals surface area contributed by atoms with Crippen molar-refractivity contribution in [3.8, 4) is 0 Å². The van der Waals surface area contributed by atoms with E-state index in [0.717, 1.165) is 24.7 Å². The van der Waals surface area contributed by atoms with Crippen molar-refractivity contribution in [2.45, 2.75) is 13.0 Å². The molecule has 0 aromatic carbocycles. The number of nitrogens with one attached hydrogen (secondary N) is 1. The highest BCUT2D eigenvalue weighted by atomic mass is 79.9. The maximum atomic E-state index is 6.25. The highest BCUT2D eigenvalue weighted by Crippen LogP contribution is 2.42. The fourth-order valence-electron chi connectivity index (χ4n) is 1.62. The van der Waals surface area contributed by atoms with Crippen molar-refractivity contribution in [1.82, 2.24) is 5.32 Å². The molecule has 0 aliphatic rings. The summed E-state index contributed by atoms with van der Waals surface area (Å²) in [6, 6.07) is 4.12. The molecule has 0 saturated heterocycles. The van der Waals surface area contributed by atoms with Gasteiger partial charge in [0.1, 0.15) is 0 Å². The van der Waals surface area contributed by atoms with E-state index in [1.165, 1.54) is 16.2 Å². The van der Waals surface area contributed by atoms with Gasteiger partial charge in [-0.25, -0.2) is 0 Å². The molecule has 0 fully saturated rings. The minimum atomic E-state index is 0.0823. The first-order valence-corrected chi connectivity index (χ1v) is 9.13. The Balaban J connectivity index is 2.42. The summed E-state index contributed by atoms with van der Waals surface area (Å²) in [5, 5.41) is 3.44. The maximum absolute atomic E-state index is 6.25. The van der Waals surface area contributed by atoms with Crippen LogP contribution in [0.3, 0.4) is 0 Å². The number of rotatable bonds is 4. The van der Waals surface area contributed by atoms with Crippen LogP contribution in [0, 0.1) is 0 Å². The van der Waals surface area contributed by atoms with Crippen LogP contribution in [0.5, 0.6) is 0 Å². The molecule has 0 bridgehead atoms. The second-order valence-corrected chi connectivity index (χ2v) is 9.08. The fourth-order valence-corrected chi connectivity index (χ4v) is 5.34. The lowest BCUT2D eigenvalue weighted by Gasteiger charge is -2.15. The molecule has 0 aliphatic carbocycles. The lowest BCUT2D eigenvalue weighted by molar-refractivity contribution is 0.641. The van der Waals surface area contributed by atoms with Gasteiger partial charge in [-0.3, -0.25) is 0 Å². The minimum absolute atomic E-state index is 0.0823. The van der Waals surface area contributed by atoms with Crippen molar-refractivity contribution in [2.24, 2.45) is 0 Å². The molecule has 7 heteroatoms. The lowest BCUT2D eigenvalue weighted by atomic mass is 10.1. The number of hydrogen-bond donors (Lipinski definition) is 1. The summed E-state index contributed by atoms with van der Waals surface area (Å²) >= 11 is 22.4. The van der Waals surface area contributed by atoms with Gasteiger partial charge in [0.2, 0.25) is 0 Å². The zero-order valence-electron chi connectivity index (χ0n) is 9.27. The summed E-state index contributed by atoms with van der Waals surface area (Å²) in [6.45, 7) is 2.94. The van der Waals surface area contributed by atoms with Gasteiger partial charge in [0.15, 0.2) is 0 Å². The van der Waals surface area contributed by atoms with Crippen molar-refractivity contribution >= 4 is 77.7 Å². The zero-order valence-corrected chi connectivity index (χ0v) is 15.6. The number of thiophene rings is 2. The Labute approximate surface area is 141 Å². The van der Waals surface area contributed by atoms with Gasteiger partial charge in [-0.15, -0.1) is 22.7 Å². The lowest BCUT2D eigenvalue weighted by Crippen LogP contribution is -2.20. The Kier molecular flexibility index (Phi) is 5.58. The molecule has 2 rings (SSSR count). The molecule has 2 aromatic rings. The van der Waals surface area contributed by atoms with Crippen LogP contribution in [0.25, 0.3) is 0 Å². The second-order valence-electron chi connectivity index (χ2n) is 3.54. The molecule has 1 nitrogen and oxygen atoms in total. The molecule has 98 valence electrons. The fraction of sp³-hybridized carbons (Fsp3) is 0.273. The van der Waals surface area contributed by atoms with Gasteiger partial charge >= 0.3 is 0 Å². The predicted octanol–water partition coefficient (Wildman–Crippen LogP) is 6.34. The molecule has 2 heterocycles. The Morgan fingerprint density at radius 1 is 1.28 bits per heavy atom. The van der Waals surface area contributed by atoms with Gasteiger partial charge in [0, 0.05) is 14.9 Å². The van der Waals surface area contributed by atoms with E-state index in [1.807, 2.05) is 6.07 Å². The van der Waals surface area contributed by atoms with E-state index in [4.69, 9.17) is 23.2 Å². The van der Waals surface area contributed by atoms with Crippen molar-refractivity contribution < 1.29 is 0 Å². The van der Waals surface area contributed by atoms with Gasteiger partial charge in [-0.1, -0.05) is 30.1 Å². The highest BCUT2D eigenvalue weighted by molar-refractivity contribution is 9.13. The van der Waals surface area contributed by atoms with E-state index >= 15 is 0 Å². The molecule has 2 aromatic heterocycles. The van der Waals surface area contributed by atoms with E-state index in [2.05, 4.69) is 50.2 Å².